The molecule has 2 unspecified atom stereocenters. The Bertz CT molecular complexity index is 335. The number of carbonyl (C=O) groups is 2. The molecular weight excluding hydrogens is 372 g/mol. The van der Waals surface area contributed by atoms with Gasteiger partial charge in [-0.25, -0.2) is 0 Å². The molecule has 0 amide bonds. The lowest BCUT2D eigenvalue weighted by molar-refractivity contribution is -0.145. The van der Waals surface area contributed by atoms with Crippen molar-refractivity contribution in [2.45, 2.75) is 59.7 Å². The van der Waals surface area contributed by atoms with Crippen molar-refractivity contribution < 1.29 is 43.5 Å². The van der Waals surface area contributed by atoms with Gasteiger partial charge < -0.3 is 33.9 Å². The molecule has 0 aliphatic rings. The molecule has 2 N–H and O–H groups in total. The summed E-state index contributed by atoms with van der Waals surface area (Å²) in [4.78, 5) is 20.7. The van der Waals surface area contributed by atoms with E-state index in [-0.39, 0.29) is 31.3 Å². The van der Waals surface area contributed by atoms with Gasteiger partial charge in [0.1, 0.15) is 13.2 Å². The minimum Gasteiger partial charge on any atom is -0.463 e. The highest BCUT2D eigenvalue weighted by atomic mass is 16.6. The Morgan fingerprint density at radius 1 is 0.821 bits per heavy atom. The zero-order valence-electron chi connectivity index (χ0n) is 18.3. The van der Waals surface area contributed by atoms with Crippen LogP contribution in [0.25, 0.3) is 0 Å². The Morgan fingerprint density at radius 3 is 1.79 bits per heavy atom. The van der Waals surface area contributed by atoms with Crippen LogP contribution in [0.1, 0.15) is 47.5 Å². The van der Waals surface area contributed by atoms with Gasteiger partial charge in [-0.2, -0.15) is 0 Å². The number of hydrogen-bond acceptors (Lipinski definition) is 9. The predicted octanol–water partition coefficient (Wildman–Crippen LogP) is 1.33. The first kappa shape index (κ1) is 31.4. The standard InChI is InChI=1S/C10H20O4.C8H16O4.CH4O/c1-3-4-5-12-6-7-13-8-9-14-10(2)11;1-6(9)4-11-7(2)5-12-8(3)10;1-2/h3-9H2,1-2H3;6-7,9H,4-5H2,1-3H3;2H,1H3. The molecule has 9 heteroatoms. The van der Waals surface area contributed by atoms with Gasteiger partial charge in [0.2, 0.25) is 0 Å². The fourth-order valence-electron chi connectivity index (χ4n) is 1.40. The monoisotopic (exact) mass is 412 g/mol. The number of carbonyl (C=O) groups excluding carboxylic acids is 2. The zero-order valence-corrected chi connectivity index (χ0v) is 18.3. The molecule has 0 bridgehead atoms. The van der Waals surface area contributed by atoms with Gasteiger partial charge in [0.05, 0.1) is 38.6 Å². The average molecular weight is 413 g/mol. The highest BCUT2D eigenvalue weighted by Crippen LogP contribution is 1.94. The van der Waals surface area contributed by atoms with Gasteiger partial charge in [0, 0.05) is 27.6 Å². The summed E-state index contributed by atoms with van der Waals surface area (Å²) in [5.74, 6) is -0.588. The average Bonchev–Trinajstić information content (AvgIpc) is 2.65. The lowest BCUT2D eigenvalue weighted by Crippen LogP contribution is -2.22. The SMILES string of the molecule is CC(=O)OCC(C)OCC(C)O.CCCCOCCOCCOC(C)=O.CO. The zero-order chi connectivity index (χ0) is 22.2. The molecule has 0 saturated heterocycles. The summed E-state index contributed by atoms with van der Waals surface area (Å²) in [6.45, 7) is 11.5. The van der Waals surface area contributed by atoms with Crippen LogP contribution in [0.3, 0.4) is 0 Å². The molecule has 2 atom stereocenters. The fraction of sp³-hybridized carbons (Fsp3) is 0.895. The molecular formula is C19H40O9. The molecule has 0 heterocycles. The third-order valence-electron chi connectivity index (χ3n) is 2.69. The molecule has 0 spiro atoms. The van der Waals surface area contributed by atoms with Gasteiger partial charge in [-0.05, 0) is 20.3 Å². The second-order valence-corrected chi connectivity index (χ2v) is 5.71. The van der Waals surface area contributed by atoms with E-state index in [1.54, 1.807) is 13.8 Å². The van der Waals surface area contributed by atoms with Gasteiger partial charge in [-0.15, -0.1) is 0 Å². The number of ether oxygens (including phenoxy) is 5. The first-order valence-electron chi connectivity index (χ1n) is 9.46. The maximum atomic E-state index is 10.4. The summed E-state index contributed by atoms with van der Waals surface area (Å²) < 4.78 is 24.9. The summed E-state index contributed by atoms with van der Waals surface area (Å²) >= 11 is 0. The summed E-state index contributed by atoms with van der Waals surface area (Å²) in [6.07, 6.45) is 1.59. The topological polar surface area (TPSA) is 121 Å². The van der Waals surface area contributed by atoms with E-state index in [0.717, 1.165) is 26.6 Å². The molecule has 0 aromatic heterocycles. The van der Waals surface area contributed by atoms with Crippen LogP contribution in [0.4, 0.5) is 0 Å². The van der Waals surface area contributed by atoms with Crippen molar-refractivity contribution in [2.75, 3.05) is 53.4 Å². The van der Waals surface area contributed by atoms with Crippen molar-refractivity contribution in [3.05, 3.63) is 0 Å². The van der Waals surface area contributed by atoms with E-state index >= 15 is 0 Å². The van der Waals surface area contributed by atoms with Crippen molar-refractivity contribution >= 4 is 11.9 Å². The van der Waals surface area contributed by atoms with E-state index < -0.39 is 6.10 Å². The number of unbranched alkanes of at least 4 members (excludes halogenated alkanes) is 1. The third-order valence-corrected chi connectivity index (χ3v) is 2.69. The second-order valence-electron chi connectivity index (χ2n) is 5.71. The molecule has 0 fully saturated rings. The van der Waals surface area contributed by atoms with E-state index in [4.69, 9.17) is 29.2 Å². The van der Waals surface area contributed by atoms with Crippen molar-refractivity contribution in [1.29, 1.82) is 0 Å². The van der Waals surface area contributed by atoms with Crippen LogP contribution in [0.15, 0.2) is 0 Å². The van der Waals surface area contributed by atoms with Crippen LogP contribution in [0.2, 0.25) is 0 Å². The highest BCUT2D eigenvalue weighted by molar-refractivity contribution is 5.66. The normalized spacial score (nSPS) is 11.9. The minimum atomic E-state index is -0.482. The summed E-state index contributed by atoms with van der Waals surface area (Å²) in [5.41, 5.74) is 0. The number of esters is 2. The predicted molar refractivity (Wildman–Crippen MR) is 105 cm³/mol. The molecule has 0 saturated carbocycles. The largest absolute Gasteiger partial charge is 0.463 e. The maximum absolute atomic E-state index is 10.4. The van der Waals surface area contributed by atoms with Gasteiger partial charge in [0.15, 0.2) is 0 Å². The maximum Gasteiger partial charge on any atom is 0.302 e. The van der Waals surface area contributed by atoms with Crippen LogP contribution < -0.4 is 0 Å². The quantitative estimate of drug-likeness (QED) is 0.321. The van der Waals surface area contributed by atoms with Crippen LogP contribution in [0.5, 0.6) is 0 Å². The molecule has 0 aromatic carbocycles. The summed E-state index contributed by atoms with van der Waals surface area (Å²) in [7, 11) is 1.00. The van der Waals surface area contributed by atoms with Gasteiger partial charge in [0.25, 0.3) is 0 Å². The Balaban J connectivity index is -0.000000414. The Hall–Kier alpha value is -1.26. The Morgan fingerprint density at radius 2 is 1.32 bits per heavy atom. The van der Waals surface area contributed by atoms with Crippen molar-refractivity contribution in [3.63, 3.8) is 0 Å². The van der Waals surface area contributed by atoms with Gasteiger partial charge in [-0.1, -0.05) is 13.3 Å². The van der Waals surface area contributed by atoms with Gasteiger partial charge >= 0.3 is 11.9 Å². The molecule has 0 aliphatic carbocycles. The lowest BCUT2D eigenvalue weighted by Gasteiger charge is -2.13. The summed E-state index contributed by atoms with van der Waals surface area (Å²) in [6, 6.07) is 0. The van der Waals surface area contributed by atoms with E-state index in [1.807, 2.05) is 0 Å². The van der Waals surface area contributed by atoms with E-state index in [2.05, 4.69) is 11.7 Å². The van der Waals surface area contributed by atoms with Crippen molar-refractivity contribution in [2.24, 2.45) is 0 Å². The molecule has 0 radical (unpaired) electrons. The van der Waals surface area contributed by atoms with E-state index in [1.165, 1.54) is 13.8 Å². The number of rotatable bonds is 14. The van der Waals surface area contributed by atoms with Crippen LogP contribution >= 0.6 is 0 Å². The smallest absolute Gasteiger partial charge is 0.302 e. The molecule has 9 nitrogen and oxygen atoms in total. The Kier molecular flexibility index (Phi) is 28.9. The fourth-order valence-corrected chi connectivity index (χ4v) is 1.40. The van der Waals surface area contributed by atoms with Crippen molar-refractivity contribution in [1.82, 2.24) is 0 Å². The van der Waals surface area contributed by atoms with Crippen LogP contribution in [-0.2, 0) is 33.3 Å². The summed E-state index contributed by atoms with van der Waals surface area (Å²) in [5, 5.41) is 15.8. The van der Waals surface area contributed by atoms with Gasteiger partial charge in [-0.3, -0.25) is 9.59 Å². The van der Waals surface area contributed by atoms with Crippen LogP contribution in [-0.4, -0.2) is 87.7 Å². The first-order chi connectivity index (χ1) is 13.3. The molecule has 0 rings (SSSR count). The number of aliphatic hydroxyl groups is 2. The third kappa shape index (κ3) is 35.8. The molecule has 170 valence electrons. The lowest BCUT2D eigenvalue weighted by atomic mass is 10.4. The van der Waals surface area contributed by atoms with E-state index in [0.29, 0.717) is 26.4 Å². The minimum absolute atomic E-state index is 0.163. The number of hydrogen-bond donors (Lipinski definition) is 2. The second kappa shape index (κ2) is 25.7. The van der Waals surface area contributed by atoms with Crippen molar-refractivity contribution in [3.8, 4) is 0 Å². The first-order valence-corrected chi connectivity index (χ1v) is 9.46. The van der Waals surface area contributed by atoms with E-state index in [9.17, 15) is 9.59 Å². The highest BCUT2D eigenvalue weighted by Gasteiger charge is 2.05. The number of aliphatic hydroxyl groups excluding tert-OH is 2. The molecule has 28 heavy (non-hydrogen) atoms. The molecule has 0 aromatic rings. The molecule has 0 aliphatic heterocycles. The van der Waals surface area contributed by atoms with Crippen LogP contribution in [0, 0.1) is 0 Å². The Labute approximate surface area is 169 Å².